The van der Waals surface area contributed by atoms with E-state index in [2.05, 4.69) is 0 Å². The molecule has 0 aromatic carbocycles. The molecule has 5 nitrogen and oxygen atoms in total. The minimum atomic E-state index is -0.901. The molecular weight excluding hydrogens is 240 g/mol. The lowest BCUT2D eigenvalue weighted by Crippen LogP contribution is -2.48. The zero-order valence-corrected chi connectivity index (χ0v) is 11.5. The summed E-state index contributed by atoms with van der Waals surface area (Å²) < 4.78 is 0. The van der Waals surface area contributed by atoms with Gasteiger partial charge in [0.15, 0.2) is 0 Å². The zero-order valence-electron chi connectivity index (χ0n) is 10.7. The summed E-state index contributed by atoms with van der Waals surface area (Å²) in [5, 5.41) is 8.72. The van der Waals surface area contributed by atoms with Crippen LogP contribution in [-0.4, -0.2) is 52.5 Å². The highest BCUT2D eigenvalue weighted by atomic mass is 32.2. The van der Waals surface area contributed by atoms with Crippen LogP contribution in [-0.2, 0) is 9.59 Å². The maximum atomic E-state index is 12.0. The van der Waals surface area contributed by atoms with E-state index in [-0.39, 0.29) is 18.4 Å². The first-order valence-corrected chi connectivity index (χ1v) is 7.10. The lowest BCUT2D eigenvalue weighted by atomic mass is 10.1. The molecule has 0 aliphatic heterocycles. The van der Waals surface area contributed by atoms with E-state index in [0.717, 1.165) is 5.75 Å². The number of carbonyl (C=O) groups is 2. The zero-order chi connectivity index (χ0) is 13.4. The van der Waals surface area contributed by atoms with Crippen LogP contribution in [0.3, 0.4) is 0 Å². The number of carboxylic acid groups (broad SMARTS) is 1. The quantitative estimate of drug-likeness (QED) is 0.675. The van der Waals surface area contributed by atoms with Crippen LogP contribution < -0.4 is 5.73 Å². The molecule has 100 valence electrons. The van der Waals surface area contributed by atoms with Gasteiger partial charge in [-0.15, -0.1) is 0 Å². The summed E-state index contributed by atoms with van der Waals surface area (Å²) in [4.78, 5) is 24.2. The highest BCUT2D eigenvalue weighted by Gasteiger charge is 2.24. The van der Waals surface area contributed by atoms with Crippen molar-refractivity contribution in [3.05, 3.63) is 0 Å². The fourth-order valence-corrected chi connectivity index (χ4v) is 2.12. The molecule has 0 aromatic rings. The number of thioether (sulfide) groups is 1. The van der Waals surface area contributed by atoms with E-state index in [1.54, 1.807) is 23.6 Å². The Kier molecular flexibility index (Phi) is 7.99. The van der Waals surface area contributed by atoms with Gasteiger partial charge in [-0.25, -0.2) is 0 Å². The molecule has 2 atom stereocenters. The second-order valence-electron chi connectivity index (χ2n) is 3.96. The number of hydrogen-bond donors (Lipinski definition) is 2. The van der Waals surface area contributed by atoms with Crippen molar-refractivity contribution in [1.29, 1.82) is 0 Å². The molecule has 1 amide bonds. The molecular formula is C11H22N2O3S. The van der Waals surface area contributed by atoms with Crippen molar-refractivity contribution in [2.75, 3.05) is 18.6 Å². The Hall–Kier alpha value is -0.750. The molecule has 0 spiro atoms. The van der Waals surface area contributed by atoms with Gasteiger partial charge in [-0.3, -0.25) is 9.59 Å². The average molecular weight is 262 g/mol. The lowest BCUT2D eigenvalue weighted by molar-refractivity contribution is -0.140. The first-order valence-electron chi connectivity index (χ1n) is 5.70. The highest BCUT2D eigenvalue weighted by molar-refractivity contribution is 7.98. The maximum absolute atomic E-state index is 12.0. The molecule has 0 aliphatic carbocycles. The van der Waals surface area contributed by atoms with Gasteiger partial charge in [0, 0.05) is 12.6 Å². The molecule has 0 rings (SSSR count). The van der Waals surface area contributed by atoms with Crippen molar-refractivity contribution in [1.82, 2.24) is 4.90 Å². The van der Waals surface area contributed by atoms with Crippen molar-refractivity contribution >= 4 is 23.6 Å². The van der Waals surface area contributed by atoms with E-state index in [1.165, 1.54) is 0 Å². The first-order chi connectivity index (χ1) is 7.93. The Labute approximate surface area is 107 Å². The molecule has 0 fully saturated rings. The van der Waals surface area contributed by atoms with Gasteiger partial charge in [0.25, 0.3) is 0 Å². The summed E-state index contributed by atoms with van der Waals surface area (Å²) in [6.07, 6.45) is 2.53. The maximum Gasteiger partial charge on any atom is 0.305 e. The Bertz CT molecular complexity index is 261. The number of nitrogens with zero attached hydrogens (tertiary/aromatic N) is 1. The fraction of sp³-hybridized carbons (Fsp3) is 0.818. The molecule has 0 heterocycles. The third kappa shape index (κ3) is 5.93. The lowest BCUT2D eigenvalue weighted by Gasteiger charge is -2.29. The van der Waals surface area contributed by atoms with Gasteiger partial charge in [0.1, 0.15) is 0 Å². The minimum absolute atomic E-state index is 0.0468. The summed E-state index contributed by atoms with van der Waals surface area (Å²) in [7, 11) is 0. The summed E-state index contributed by atoms with van der Waals surface area (Å²) in [5.74, 6) is -0.227. The molecule has 0 radical (unpaired) electrons. The molecule has 0 saturated carbocycles. The second kappa shape index (κ2) is 8.36. The van der Waals surface area contributed by atoms with E-state index in [1.807, 2.05) is 13.2 Å². The predicted octanol–water partition coefficient (Wildman–Crippen LogP) is 0.778. The van der Waals surface area contributed by atoms with Crippen molar-refractivity contribution in [2.45, 2.75) is 38.8 Å². The minimum Gasteiger partial charge on any atom is -0.481 e. The molecule has 6 heteroatoms. The number of aliphatic carboxylic acids is 1. The van der Waals surface area contributed by atoms with Crippen LogP contribution in [0.2, 0.25) is 0 Å². The number of carbonyl (C=O) groups excluding carboxylic acids is 1. The normalized spacial score (nSPS) is 14.1. The van der Waals surface area contributed by atoms with Gasteiger partial charge in [-0.1, -0.05) is 0 Å². The van der Waals surface area contributed by atoms with Crippen LogP contribution in [0.5, 0.6) is 0 Å². The molecule has 0 bridgehead atoms. The SMILES string of the molecule is CCN(C(=O)[C@H](N)CCSC)C(C)CC(=O)O. The van der Waals surface area contributed by atoms with Crippen molar-refractivity contribution in [2.24, 2.45) is 5.73 Å². The molecule has 0 aliphatic rings. The summed E-state index contributed by atoms with van der Waals surface area (Å²) in [6, 6.07) is -0.844. The van der Waals surface area contributed by atoms with Crippen LogP contribution >= 0.6 is 11.8 Å². The predicted molar refractivity (Wildman–Crippen MR) is 70.1 cm³/mol. The molecule has 0 saturated heterocycles. The Morgan fingerprint density at radius 1 is 1.47 bits per heavy atom. The summed E-state index contributed by atoms with van der Waals surface area (Å²) >= 11 is 1.64. The third-order valence-corrected chi connectivity index (χ3v) is 3.22. The van der Waals surface area contributed by atoms with Gasteiger partial charge < -0.3 is 15.7 Å². The number of amides is 1. The van der Waals surface area contributed by atoms with Gasteiger partial charge >= 0.3 is 5.97 Å². The topological polar surface area (TPSA) is 83.6 Å². The van der Waals surface area contributed by atoms with E-state index >= 15 is 0 Å². The van der Waals surface area contributed by atoms with Gasteiger partial charge in [0.05, 0.1) is 12.5 Å². The van der Waals surface area contributed by atoms with E-state index in [0.29, 0.717) is 13.0 Å². The van der Waals surface area contributed by atoms with Crippen LogP contribution in [0.25, 0.3) is 0 Å². The number of nitrogens with two attached hydrogens (primary N) is 1. The smallest absolute Gasteiger partial charge is 0.305 e. The fourth-order valence-electron chi connectivity index (χ4n) is 1.63. The second-order valence-corrected chi connectivity index (χ2v) is 4.94. The number of hydrogen-bond acceptors (Lipinski definition) is 4. The number of rotatable bonds is 8. The largest absolute Gasteiger partial charge is 0.481 e. The van der Waals surface area contributed by atoms with Crippen LogP contribution in [0.4, 0.5) is 0 Å². The number of carboxylic acids is 1. The Balaban J connectivity index is 4.42. The van der Waals surface area contributed by atoms with E-state index in [9.17, 15) is 9.59 Å². The van der Waals surface area contributed by atoms with Crippen LogP contribution in [0.1, 0.15) is 26.7 Å². The van der Waals surface area contributed by atoms with Gasteiger partial charge in [0.2, 0.25) is 5.91 Å². The van der Waals surface area contributed by atoms with Crippen molar-refractivity contribution in [3.63, 3.8) is 0 Å². The van der Waals surface area contributed by atoms with Crippen molar-refractivity contribution < 1.29 is 14.7 Å². The van der Waals surface area contributed by atoms with E-state index in [4.69, 9.17) is 10.8 Å². The first kappa shape index (κ1) is 16.2. The standard InChI is InChI=1S/C11H22N2O3S/c1-4-13(8(2)7-10(14)15)11(16)9(12)5-6-17-3/h8-9H,4-7,12H2,1-3H3,(H,14,15)/t8?,9-/m1/s1. The molecule has 1 unspecified atom stereocenters. The van der Waals surface area contributed by atoms with E-state index < -0.39 is 12.0 Å². The van der Waals surface area contributed by atoms with Crippen LogP contribution in [0, 0.1) is 0 Å². The van der Waals surface area contributed by atoms with Gasteiger partial charge in [-0.05, 0) is 32.3 Å². The number of likely N-dealkylation sites (N-methyl/N-ethyl adjacent to an activating group) is 1. The van der Waals surface area contributed by atoms with Crippen LogP contribution in [0.15, 0.2) is 0 Å². The molecule has 0 aromatic heterocycles. The van der Waals surface area contributed by atoms with Gasteiger partial charge in [-0.2, -0.15) is 11.8 Å². The Morgan fingerprint density at radius 2 is 2.06 bits per heavy atom. The Morgan fingerprint density at radius 3 is 2.47 bits per heavy atom. The van der Waals surface area contributed by atoms with Crippen molar-refractivity contribution in [3.8, 4) is 0 Å². The monoisotopic (exact) mass is 262 g/mol. The average Bonchev–Trinajstić information content (AvgIpc) is 2.25. The molecule has 17 heavy (non-hydrogen) atoms. The molecule has 3 N–H and O–H groups in total. The third-order valence-electron chi connectivity index (χ3n) is 2.58. The highest BCUT2D eigenvalue weighted by Crippen LogP contribution is 2.08. The summed E-state index contributed by atoms with van der Waals surface area (Å²) in [5.41, 5.74) is 5.80. The summed E-state index contributed by atoms with van der Waals surface area (Å²) in [6.45, 7) is 4.05.